The molecule has 1 saturated heterocycles. The fourth-order valence-electron chi connectivity index (χ4n) is 3.59. The Morgan fingerprint density at radius 2 is 1.96 bits per heavy atom. The van der Waals surface area contributed by atoms with Crippen molar-refractivity contribution in [3.8, 4) is 0 Å². The fourth-order valence-corrected chi connectivity index (χ4v) is 3.59. The zero-order valence-electron chi connectivity index (χ0n) is 15.5. The fraction of sp³-hybridized carbons (Fsp3) is 0.500. The van der Waals surface area contributed by atoms with E-state index in [4.69, 9.17) is 0 Å². The number of carbonyl (C=O) groups is 1. The van der Waals surface area contributed by atoms with Crippen molar-refractivity contribution in [1.82, 2.24) is 20.0 Å². The second kappa shape index (κ2) is 8.45. The number of nitrogens with one attached hydrogen (secondary N) is 1. The summed E-state index contributed by atoms with van der Waals surface area (Å²) in [6.07, 6.45) is 4.19. The Balaban J connectivity index is 1.71. The first-order valence-corrected chi connectivity index (χ1v) is 9.39. The van der Waals surface area contributed by atoms with Crippen molar-refractivity contribution in [1.29, 1.82) is 0 Å². The summed E-state index contributed by atoms with van der Waals surface area (Å²) in [6.45, 7) is 4.60. The third-order valence-corrected chi connectivity index (χ3v) is 4.96. The van der Waals surface area contributed by atoms with Gasteiger partial charge in [-0.2, -0.15) is 5.10 Å². The highest BCUT2D eigenvalue weighted by molar-refractivity contribution is 5.92. The molecule has 0 bridgehead atoms. The molecule has 6 heteroatoms. The van der Waals surface area contributed by atoms with Gasteiger partial charge in [0, 0.05) is 13.6 Å². The summed E-state index contributed by atoms with van der Waals surface area (Å²) in [5, 5.41) is 7.45. The number of carbonyl (C=O) groups excluding carboxylic acids is 1. The zero-order chi connectivity index (χ0) is 18.5. The highest BCUT2D eigenvalue weighted by Gasteiger charge is 2.24. The minimum absolute atomic E-state index is 0.0605. The molecule has 0 aliphatic carbocycles. The molecule has 1 N–H and O–H groups in total. The molecule has 5 nitrogen and oxygen atoms in total. The second-order valence-electron chi connectivity index (χ2n) is 6.91. The number of amides is 1. The van der Waals surface area contributed by atoms with Crippen LogP contribution in [0.25, 0.3) is 0 Å². The van der Waals surface area contributed by atoms with Crippen molar-refractivity contribution in [3.63, 3.8) is 0 Å². The van der Waals surface area contributed by atoms with Crippen molar-refractivity contribution < 1.29 is 9.18 Å². The third kappa shape index (κ3) is 4.30. The minimum atomic E-state index is -0.240. The first-order chi connectivity index (χ1) is 12.6. The number of rotatable bonds is 7. The Morgan fingerprint density at radius 1 is 1.27 bits per heavy atom. The van der Waals surface area contributed by atoms with Gasteiger partial charge in [-0.05, 0) is 56.1 Å². The average Bonchev–Trinajstić information content (AvgIpc) is 3.27. The van der Waals surface area contributed by atoms with Crippen LogP contribution in [0.15, 0.2) is 30.3 Å². The summed E-state index contributed by atoms with van der Waals surface area (Å²) >= 11 is 0. The molecule has 140 valence electrons. The maximum Gasteiger partial charge on any atom is 0.269 e. The van der Waals surface area contributed by atoms with E-state index in [0.29, 0.717) is 12.2 Å². The van der Waals surface area contributed by atoms with E-state index >= 15 is 0 Å². The largest absolute Gasteiger partial charge is 0.349 e. The molecule has 1 atom stereocenters. The number of halogens is 1. The van der Waals surface area contributed by atoms with Gasteiger partial charge in [-0.25, -0.2) is 4.39 Å². The molecule has 1 unspecified atom stereocenters. The van der Waals surface area contributed by atoms with Crippen molar-refractivity contribution >= 4 is 5.91 Å². The summed E-state index contributed by atoms with van der Waals surface area (Å²) in [5.74, 6) is -0.357. The van der Waals surface area contributed by atoms with E-state index in [9.17, 15) is 9.18 Å². The molecule has 26 heavy (non-hydrogen) atoms. The number of benzene rings is 1. The Labute approximate surface area is 154 Å². The molecule has 0 spiro atoms. The topological polar surface area (TPSA) is 50.2 Å². The summed E-state index contributed by atoms with van der Waals surface area (Å²) in [6, 6.07) is 8.52. The van der Waals surface area contributed by atoms with E-state index < -0.39 is 0 Å². The van der Waals surface area contributed by atoms with Crippen molar-refractivity contribution in [2.24, 2.45) is 7.05 Å². The predicted octanol–water partition coefficient (Wildman–Crippen LogP) is 3.08. The van der Waals surface area contributed by atoms with E-state index in [1.54, 1.807) is 11.7 Å². The van der Waals surface area contributed by atoms with Gasteiger partial charge in [-0.3, -0.25) is 14.4 Å². The highest BCUT2D eigenvalue weighted by Crippen LogP contribution is 2.25. The number of aryl methyl sites for hydroxylation is 2. The van der Waals surface area contributed by atoms with Crippen LogP contribution in [0.4, 0.5) is 4.39 Å². The molecule has 2 aromatic rings. The van der Waals surface area contributed by atoms with Crippen LogP contribution in [0.1, 0.15) is 54.0 Å². The molecule has 1 amide bonds. The highest BCUT2D eigenvalue weighted by atomic mass is 19.1. The van der Waals surface area contributed by atoms with Gasteiger partial charge >= 0.3 is 0 Å². The van der Waals surface area contributed by atoms with E-state index in [-0.39, 0.29) is 17.8 Å². The molecule has 1 fully saturated rings. The SMILES string of the molecule is CCCc1cc(C(=O)NCC(c2ccc(F)cc2)N2CCCC2)n(C)n1. The Hall–Kier alpha value is -2.21. The Kier molecular flexibility index (Phi) is 6.04. The lowest BCUT2D eigenvalue weighted by molar-refractivity contribution is 0.0928. The number of aromatic nitrogens is 2. The van der Waals surface area contributed by atoms with Crippen LogP contribution in [0.3, 0.4) is 0 Å². The monoisotopic (exact) mass is 358 g/mol. The first kappa shape index (κ1) is 18.6. The van der Waals surface area contributed by atoms with Crippen LogP contribution < -0.4 is 5.32 Å². The molecule has 3 rings (SSSR count). The zero-order valence-corrected chi connectivity index (χ0v) is 15.5. The summed E-state index contributed by atoms with van der Waals surface area (Å²) in [4.78, 5) is 15.0. The van der Waals surface area contributed by atoms with Crippen LogP contribution in [0.5, 0.6) is 0 Å². The molecule has 1 aliphatic heterocycles. The van der Waals surface area contributed by atoms with Crippen LogP contribution in [-0.4, -0.2) is 40.2 Å². The van der Waals surface area contributed by atoms with Gasteiger partial charge < -0.3 is 5.32 Å². The van der Waals surface area contributed by atoms with Gasteiger partial charge in [0.1, 0.15) is 11.5 Å². The smallest absolute Gasteiger partial charge is 0.269 e. The van der Waals surface area contributed by atoms with Crippen LogP contribution in [0, 0.1) is 5.82 Å². The van der Waals surface area contributed by atoms with Crippen molar-refractivity contribution in [3.05, 3.63) is 53.1 Å². The van der Waals surface area contributed by atoms with Crippen molar-refractivity contribution in [2.45, 2.75) is 38.6 Å². The molecule has 1 aromatic heterocycles. The number of nitrogens with zero attached hydrogens (tertiary/aromatic N) is 3. The Morgan fingerprint density at radius 3 is 2.62 bits per heavy atom. The van der Waals surface area contributed by atoms with Gasteiger partial charge in [0.25, 0.3) is 5.91 Å². The van der Waals surface area contributed by atoms with E-state index in [1.807, 2.05) is 18.2 Å². The Bertz CT molecular complexity index is 735. The summed E-state index contributed by atoms with van der Waals surface area (Å²) in [7, 11) is 1.80. The molecule has 0 radical (unpaired) electrons. The van der Waals surface area contributed by atoms with E-state index in [0.717, 1.165) is 50.0 Å². The lowest BCUT2D eigenvalue weighted by atomic mass is 10.1. The van der Waals surface area contributed by atoms with Gasteiger partial charge in [-0.15, -0.1) is 0 Å². The molecule has 0 saturated carbocycles. The van der Waals surface area contributed by atoms with E-state index in [1.165, 1.54) is 12.1 Å². The minimum Gasteiger partial charge on any atom is -0.349 e. The number of likely N-dealkylation sites (tertiary alicyclic amines) is 1. The normalized spacial score (nSPS) is 16.0. The van der Waals surface area contributed by atoms with Crippen LogP contribution >= 0.6 is 0 Å². The lowest BCUT2D eigenvalue weighted by Gasteiger charge is -2.28. The predicted molar refractivity (Wildman–Crippen MR) is 99.5 cm³/mol. The van der Waals surface area contributed by atoms with Gasteiger partial charge in [-0.1, -0.05) is 25.5 Å². The lowest BCUT2D eigenvalue weighted by Crippen LogP contribution is -2.37. The van der Waals surface area contributed by atoms with Crippen LogP contribution in [0.2, 0.25) is 0 Å². The summed E-state index contributed by atoms with van der Waals surface area (Å²) < 4.78 is 14.9. The van der Waals surface area contributed by atoms with Gasteiger partial charge in [0.2, 0.25) is 0 Å². The molecule has 1 aromatic carbocycles. The maximum absolute atomic E-state index is 13.3. The molecule has 2 heterocycles. The molecule has 1 aliphatic rings. The van der Waals surface area contributed by atoms with Crippen LogP contribution in [-0.2, 0) is 13.5 Å². The number of hydrogen-bond acceptors (Lipinski definition) is 3. The average molecular weight is 358 g/mol. The van der Waals surface area contributed by atoms with Crippen molar-refractivity contribution in [2.75, 3.05) is 19.6 Å². The molecular formula is C20H27FN4O. The van der Waals surface area contributed by atoms with Gasteiger partial charge in [0.15, 0.2) is 0 Å². The number of hydrogen-bond donors (Lipinski definition) is 1. The van der Waals surface area contributed by atoms with Gasteiger partial charge in [0.05, 0.1) is 11.7 Å². The molecular weight excluding hydrogens is 331 g/mol. The quantitative estimate of drug-likeness (QED) is 0.827. The first-order valence-electron chi connectivity index (χ1n) is 9.39. The van der Waals surface area contributed by atoms with E-state index in [2.05, 4.69) is 22.2 Å². The standard InChI is InChI=1S/C20H27FN4O/c1-3-6-17-13-18(24(2)23-17)20(26)22-14-19(25-11-4-5-12-25)15-7-9-16(21)10-8-15/h7-10,13,19H,3-6,11-12,14H2,1-2H3,(H,22,26). The maximum atomic E-state index is 13.3. The second-order valence-corrected chi connectivity index (χ2v) is 6.91. The third-order valence-electron chi connectivity index (χ3n) is 4.96. The summed E-state index contributed by atoms with van der Waals surface area (Å²) in [5.41, 5.74) is 2.55.